The van der Waals surface area contributed by atoms with E-state index in [2.05, 4.69) is 5.32 Å². The van der Waals surface area contributed by atoms with Gasteiger partial charge in [-0.2, -0.15) is 0 Å². The molecule has 0 unspecified atom stereocenters. The summed E-state index contributed by atoms with van der Waals surface area (Å²) in [6, 6.07) is 14.3. The van der Waals surface area contributed by atoms with Crippen LogP contribution in [0.4, 0.5) is 4.79 Å². The van der Waals surface area contributed by atoms with Crippen LogP contribution in [0.2, 0.25) is 5.02 Å². The summed E-state index contributed by atoms with van der Waals surface area (Å²) in [5.41, 5.74) is 1.57. The van der Waals surface area contributed by atoms with Gasteiger partial charge < -0.3 is 19.9 Å². The maximum atomic E-state index is 12.6. The van der Waals surface area contributed by atoms with Crippen molar-refractivity contribution in [2.75, 3.05) is 33.3 Å². The summed E-state index contributed by atoms with van der Waals surface area (Å²) >= 11 is 5.95. The molecule has 0 aromatic heterocycles. The van der Waals surface area contributed by atoms with E-state index in [-0.39, 0.29) is 11.9 Å². The van der Waals surface area contributed by atoms with Crippen molar-refractivity contribution < 1.29 is 14.3 Å². The molecule has 0 atom stereocenters. The van der Waals surface area contributed by atoms with Gasteiger partial charge in [-0.25, -0.2) is 4.79 Å². The highest BCUT2D eigenvalue weighted by molar-refractivity contribution is 6.30. The molecular weight excluding hydrogens is 366 g/mol. The molecule has 0 saturated carbocycles. The van der Waals surface area contributed by atoms with Gasteiger partial charge in [0, 0.05) is 43.3 Å². The van der Waals surface area contributed by atoms with E-state index >= 15 is 0 Å². The van der Waals surface area contributed by atoms with Gasteiger partial charge in [-0.05, 0) is 42.0 Å². The number of benzene rings is 2. The number of ether oxygens (including phenoxy) is 1. The number of hydrogen-bond acceptors (Lipinski definition) is 3. The van der Waals surface area contributed by atoms with Crippen molar-refractivity contribution in [1.29, 1.82) is 0 Å². The lowest BCUT2D eigenvalue weighted by molar-refractivity contribution is 0.0665. The normalized spacial score (nSPS) is 14.0. The average Bonchev–Trinajstić information content (AvgIpc) is 2.72. The Bertz CT molecular complexity index is 802. The van der Waals surface area contributed by atoms with Crippen LogP contribution in [-0.2, 0) is 6.54 Å². The van der Waals surface area contributed by atoms with Gasteiger partial charge in [0.2, 0.25) is 0 Å². The van der Waals surface area contributed by atoms with Crippen molar-refractivity contribution in [1.82, 2.24) is 15.1 Å². The number of rotatable bonds is 4. The Kier molecular flexibility index (Phi) is 6.19. The predicted molar refractivity (Wildman–Crippen MR) is 104 cm³/mol. The second-order valence-corrected chi connectivity index (χ2v) is 6.73. The molecule has 1 aliphatic rings. The van der Waals surface area contributed by atoms with E-state index in [0.717, 1.165) is 5.56 Å². The lowest BCUT2D eigenvalue weighted by Gasteiger charge is -2.34. The number of piperazine rings is 1. The van der Waals surface area contributed by atoms with Crippen LogP contribution in [0, 0.1) is 0 Å². The van der Waals surface area contributed by atoms with Crippen LogP contribution >= 0.6 is 11.6 Å². The summed E-state index contributed by atoms with van der Waals surface area (Å²) in [4.78, 5) is 28.4. The van der Waals surface area contributed by atoms with Crippen LogP contribution < -0.4 is 10.1 Å². The van der Waals surface area contributed by atoms with Crippen LogP contribution in [0.15, 0.2) is 48.5 Å². The minimum atomic E-state index is -0.133. The zero-order valence-electron chi connectivity index (χ0n) is 15.2. The van der Waals surface area contributed by atoms with Crippen molar-refractivity contribution in [3.05, 3.63) is 64.7 Å². The quantitative estimate of drug-likeness (QED) is 0.877. The Morgan fingerprint density at radius 1 is 1.04 bits per heavy atom. The van der Waals surface area contributed by atoms with Gasteiger partial charge in [0.1, 0.15) is 5.75 Å². The predicted octanol–water partition coefficient (Wildman–Crippen LogP) is 3.02. The summed E-state index contributed by atoms with van der Waals surface area (Å²) < 4.78 is 5.11. The maximum absolute atomic E-state index is 12.6. The van der Waals surface area contributed by atoms with Crippen LogP contribution in [0.1, 0.15) is 15.9 Å². The molecule has 0 radical (unpaired) electrons. The molecule has 0 aliphatic carbocycles. The molecule has 1 saturated heterocycles. The smallest absolute Gasteiger partial charge is 0.317 e. The van der Waals surface area contributed by atoms with Crippen molar-refractivity contribution in [2.45, 2.75) is 6.54 Å². The highest BCUT2D eigenvalue weighted by Crippen LogP contribution is 2.15. The van der Waals surface area contributed by atoms with Crippen molar-refractivity contribution in [3.8, 4) is 5.75 Å². The first-order valence-electron chi connectivity index (χ1n) is 8.77. The summed E-state index contributed by atoms with van der Waals surface area (Å²) in [6.07, 6.45) is 0. The fraction of sp³-hybridized carbons (Fsp3) is 0.300. The number of urea groups is 1. The van der Waals surface area contributed by atoms with Gasteiger partial charge in [0.05, 0.1) is 7.11 Å². The number of nitrogens with one attached hydrogen (secondary N) is 1. The fourth-order valence-corrected chi connectivity index (χ4v) is 3.18. The summed E-state index contributed by atoms with van der Waals surface area (Å²) in [5.74, 6) is 0.685. The van der Waals surface area contributed by atoms with Gasteiger partial charge in [-0.3, -0.25) is 4.79 Å². The van der Waals surface area contributed by atoms with Gasteiger partial charge >= 0.3 is 6.03 Å². The van der Waals surface area contributed by atoms with Gasteiger partial charge in [-0.15, -0.1) is 0 Å². The number of nitrogens with zero attached hydrogens (tertiary/aromatic N) is 2. The van der Waals surface area contributed by atoms with Crippen LogP contribution in [-0.4, -0.2) is 55.0 Å². The highest BCUT2D eigenvalue weighted by Gasteiger charge is 2.24. The van der Waals surface area contributed by atoms with Crippen LogP contribution in [0.5, 0.6) is 5.75 Å². The summed E-state index contributed by atoms with van der Waals surface area (Å²) in [7, 11) is 1.59. The van der Waals surface area contributed by atoms with E-state index < -0.39 is 0 Å². The molecule has 3 rings (SSSR count). The van der Waals surface area contributed by atoms with E-state index in [4.69, 9.17) is 16.3 Å². The van der Waals surface area contributed by atoms with Crippen molar-refractivity contribution >= 4 is 23.5 Å². The van der Waals surface area contributed by atoms with E-state index in [1.165, 1.54) is 0 Å². The van der Waals surface area contributed by atoms with Crippen molar-refractivity contribution in [3.63, 3.8) is 0 Å². The third-order valence-corrected chi connectivity index (χ3v) is 4.76. The molecule has 1 heterocycles. The zero-order chi connectivity index (χ0) is 19.2. The minimum Gasteiger partial charge on any atom is -0.497 e. The molecule has 7 heteroatoms. The van der Waals surface area contributed by atoms with Gasteiger partial charge in [-0.1, -0.05) is 23.7 Å². The first-order chi connectivity index (χ1) is 13.1. The van der Waals surface area contributed by atoms with E-state index in [1.807, 2.05) is 18.2 Å². The SMILES string of the molecule is COc1ccc(C(=O)N2CCN(C(=O)NCc3cccc(Cl)c3)CC2)cc1. The lowest BCUT2D eigenvalue weighted by atomic mass is 10.1. The number of hydrogen-bond donors (Lipinski definition) is 1. The number of halogens is 1. The number of carbonyl (C=O) groups excluding carboxylic acids is 2. The number of methoxy groups -OCH3 is 1. The molecular formula is C20H22ClN3O3. The Morgan fingerprint density at radius 2 is 1.70 bits per heavy atom. The standard InChI is InChI=1S/C20H22ClN3O3/c1-27-18-7-5-16(6-8-18)19(25)23-9-11-24(12-10-23)20(26)22-14-15-3-2-4-17(21)13-15/h2-8,13H,9-12,14H2,1H3,(H,22,26). The van der Waals surface area contributed by atoms with Gasteiger partial charge in [0.25, 0.3) is 5.91 Å². The van der Waals surface area contributed by atoms with Crippen molar-refractivity contribution in [2.24, 2.45) is 0 Å². The topological polar surface area (TPSA) is 61.9 Å². The molecule has 27 heavy (non-hydrogen) atoms. The second-order valence-electron chi connectivity index (χ2n) is 6.30. The Balaban J connectivity index is 1.48. The Labute approximate surface area is 163 Å². The van der Waals surface area contributed by atoms with E-state index in [1.54, 1.807) is 47.2 Å². The van der Waals surface area contributed by atoms with Crippen LogP contribution in [0.3, 0.4) is 0 Å². The molecule has 142 valence electrons. The van der Waals surface area contributed by atoms with Gasteiger partial charge in [0.15, 0.2) is 0 Å². The molecule has 1 aliphatic heterocycles. The number of carbonyl (C=O) groups is 2. The highest BCUT2D eigenvalue weighted by atomic mass is 35.5. The first kappa shape index (κ1) is 19.0. The maximum Gasteiger partial charge on any atom is 0.317 e. The monoisotopic (exact) mass is 387 g/mol. The third kappa shape index (κ3) is 4.92. The van der Waals surface area contributed by atoms with E-state index in [9.17, 15) is 9.59 Å². The first-order valence-corrected chi connectivity index (χ1v) is 9.15. The molecule has 2 aromatic carbocycles. The Morgan fingerprint density at radius 3 is 2.33 bits per heavy atom. The number of amides is 3. The van der Waals surface area contributed by atoms with E-state index in [0.29, 0.717) is 49.1 Å². The summed E-state index contributed by atoms with van der Waals surface area (Å²) in [5, 5.41) is 3.54. The largest absolute Gasteiger partial charge is 0.497 e. The Hall–Kier alpha value is -2.73. The third-order valence-electron chi connectivity index (χ3n) is 4.52. The molecule has 0 bridgehead atoms. The minimum absolute atomic E-state index is 0.0309. The molecule has 3 amide bonds. The molecule has 1 N–H and O–H groups in total. The summed E-state index contributed by atoms with van der Waals surface area (Å²) in [6.45, 7) is 2.45. The fourth-order valence-electron chi connectivity index (χ4n) is 2.97. The molecule has 6 nitrogen and oxygen atoms in total. The molecule has 2 aromatic rings. The van der Waals surface area contributed by atoms with Crippen LogP contribution in [0.25, 0.3) is 0 Å². The average molecular weight is 388 g/mol. The lowest BCUT2D eigenvalue weighted by Crippen LogP contribution is -2.53. The zero-order valence-corrected chi connectivity index (χ0v) is 15.9. The second kappa shape index (κ2) is 8.77. The molecule has 1 fully saturated rings. The molecule has 0 spiro atoms.